The lowest BCUT2D eigenvalue weighted by Crippen LogP contribution is -2.19. The van der Waals surface area contributed by atoms with Gasteiger partial charge in [-0.05, 0) is 12.0 Å². The minimum absolute atomic E-state index is 0.0207. The maximum absolute atomic E-state index is 11.6. The van der Waals surface area contributed by atoms with E-state index in [0.29, 0.717) is 4.88 Å². The molecule has 0 aliphatic heterocycles. The van der Waals surface area contributed by atoms with Crippen LogP contribution in [0, 0.1) is 5.92 Å². The Labute approximate surface area is 109 Å². The summed E-state index contributed by atoms with van der Waals surface area (Å²) in [5.74, 6) is -1.02. The molecule has 0 aliphatic rings. The van der Waals surface area contributed by atoms with Gasteiger partial charge >= 0.3 is 5.97 Å². The van der Waals surface area contributed by atoms with Crippen molar-refractivity contribution in [1.82, 2.24) is 4.98 Å². The molecule has 0 amide bonds. The summed E-state index contributed by atoms with van der Waals surface area (Å²) in [4.78, 5) is 14.8. The molecule has 2 N–H and O–H groups in total. The van der Waals surface area contributed by atoms with Crippen molar-refractivity contribution in [3.05, 3.63) is 17.2 Å². The van der Waals surface area contributed by atoms with Crippen molar-refractivity contribution in [2.75, 3.05) is 10.5 Å². The van der Waals surface area contributed by atoms with Crippen LogP contribution < -0.4 is 4.72 Å². The van der Waals surface area contributed by atoms with Gasteiger partial charge in [0.15, 0.2) is 5.13 Å². The van der Waals surface area contributed by atoms with Crippen molar-refractivity contribution in [3.63, 3.8) is 0 Å². The molecule has 0 radical (unpaired) electrons. The first kappa shape index (κ1) is 14.7. The van der Waals surface area contributed by atoms with Crippen molar-refractivity contribution in [1.29, 1.82) is 0 Å². The molecule has 0 saturated heterocycles. The fourth-order valence-corrected chi connectivity index (χ4v) is 3.58. The van der Waals surface area contributed by atoms with Gasteiger partial charge in [0.25, 0.3) is 0 Å². The van der Waals surface area contributed by atoms with Crippen LogP contribution in [0.15, 0.2) is 12.3 Å². The van der Waals surface area contributed by atoms with Crippen molar-refractivity contribution in [2.24, 2.45) is 5.92 Å². The third kappa shape index (κ3) is 5.28. The maximum atomic E-state index is 11.6. The number of carboxylic acids is 1. The number of nitrogens with one attached hydrogen (secondary N) is 1. The molecule has 0 unspecified atom stereocenters. The summed E-state index contributed by atoms with van der Waals surface area (Å²) < 4.78 is 25.6. The molecule has 0 aromatic carbocycles. The third-order valence-corrected chi connectivity index (χ3v) is 4.33. The van der Waals surface area contributed by atoms with E-state index in [9.17, 15) is 13.2 Å². The van der Waals surface area contributed by atoms with Crippen molar-refractivity contribution in [2.45, 2.75) is 13.8 Å². The van der Waals surface area contributed by atoms with E-state index in [0.717, 1.165) is 17.4 Å². The van der Waals surface area contributed by atoms with E-state index in [1.807, 2.05) is 13.8 Å². The van der Waals surface area contributed by atoms with Crippen LogP contribution in [0.1, 0.15) is 18.7 Å². The highest BCUT2D eigenvalue weighted by atomic mass is 32.2. The highest BCUT2D eigenvalue weighted by Gasteiger charge is 2.14. The van der Waals surface area contributed by atoms with Crippen LogP contribution in [0.4, 0.5) is 5.13 Å². The molecule has 1 aromatic rings. The summed E-state index contributed by atoms with van der Waals surface area (Å²) in [6, 6.07) is 0. The average molecular weight is 290 g/mol. The van der Waals surface area contributed by atoms with Gasteiger partial charge in [0.05, 0.1) is 5.75 Å². The Balaban J connectivity index is 2.73. The lowest BCUT2D eigenvalue weighted by molar-refractivity contribution is -0.131. The van der Waals surface area contributed by atoms with Crippen LogP contribution >= 0.6 is 11.3 Å². The maximum Gasteiger partial charge on any atom is 0.328 e. The number of aliphatic carboxylic acids is 1. The smallest absolute Gasteiger partial charge is 0.328 e. The van der Waals surface area contributed by atoms with Gasteiger partial charge in [-0.2, -0.15) is 0 Å². The first-order valence-electron chi connectivity index (χ1n) is 5.16. The number of aromatic nitrogens is 1. The number of thiazole rings is 1. The number of hydrogen-bond donors (Lipinski definition) is 2. The predicted molar refractivity (Wildman–Crippen MR) is 71.0 cm³/mol. The molecular weight excluding hydrogens is 276 g/mol. The third-order valence-electron chi connectivity index (χ3n) is 1.71. The molecule has 100 valence electrons. The molecule has 0 aliphatic carbocycles. The lowest BCUT2D eigenvalue weighted by atomic mass is 10.3. The van der Waals surface area contributed by atoms with Gasteiger partial charge in [-0.25, -0.2) is 18.2 Å². The topological polar surface area (TPSA) is 96.4 Å². The average Bonchev–Trinajstić information content (AvgIpc) is 2.59. The first-order valence-corrected chi connectivity index (χ1v) is 7.62. The zero-order valence-corrected chi connectivity index (χ0v) is 11.6. The zero-order chi connectivity index (χ0) is 13.8. The predicted octanol–water partition coefficient (Wildman–Crippen LogP) is 1.64. The summed E-state index contributed by atoms with van der Waals surface area (Å²) >= 11 is 1.08. The molecule has 1 heterocycles. The molecule has 8 heteroatoms. The molecule has 0 atom stereocenters. The minimum Gasteiger partial charge on any atom is -0.478 e. The molecule has 1 rings (SSSR count). The fraction of sp³-hybridized carbons (Fsp3) is 0.400. The zero-order valence-electron chi connectivity index (χ0n) is 9.95. The van der Waals surface area contributed by atoms with Gasteiger partial charge in [0.1, 0.15) is 0 Å². The normalized spacial score (nSPS) is 12.2. The minimum atomic E-state index is -3.39. The van der Waals surface area contributed by atoms with Crippen molar-refractivity contribution >= 4 is 38.5 Å². The Morgan fingerprint density at radius 3 is 2.83 bits per heavy atom. The van der Waals surface area contributed by atoms with E-state index in [1.165, 1.54) is 12.3 Å². The highest BCUT2D eigenvalue weighted by Crippen LogP contribution is 2.20. The van der Waals surface area contributed by atoms with Gasteiger partial charge < -0.3 is 5.11 Å². The van der Waals surface area contributed by atoms with Crippen LogP contribution in [0.3, 0.4) is 0 Å². The quantitative estimate of drug-likeness (QED) is 0.776. The van der Waals surface area contributed by atoms with Crippen LogP contribution in [-0.2, 0) is 14.8 Å². The molecule has 0 spiro atoms. The molecule has 0 bridgehead atoms. The number of hydrogen-bond acceptors (Lipinski definition) is 5. The van der Waals surface area contributed by atoms with E-state index >= 15 is 0 Å². The SMILES string of the molecule is CC(C)CS(=O)(=O)Nc1ncc(C=CC(=O)O)s1. The number of rotatable bonds is 6. The van der Waals surface area contributed by atoms with Crippen LogP contribution in [-0.4, -0.2) is 30.2 Å². The molecular formula is C10H14N2O4S2. The van der Waals surface area contributed by atoms with Crippen molar-refractivity contribution in [3.8, 4) is 0 Å². The molecule has 1 aromatic heterocycles. The van der Waals surface area contributed by atoms with Gasteiger partial charge in [0, 0.05) is 17.2 Å². The van der Waals surface area contributed by atoms with Crippen LogP contribution in [0.2, 0.25) is 0 Å². The van der Waals surface area contributed by atoms with E-state index in [1.54, 1.807) is 0 Å². The summed E-state index contributed by atoms with van der Waals surface area (Å²) in [5, 5.41) is 8.69. The van der Waals surface area contributed by atoms with Crippen LogP contribution in [0.25, 0.3) is 6.08 Å². The first-order chi connectivity index (χ1) is 8.28. The Kier molecular flexibility index (Phi) is 4.85. The number of nitrogens with zero attached hydrogens (tertiary/aromatic N) is 1. The Bertz CT molecular complexity index is 546. The van der Waals surface area contributed by atoms with E-state index in [2.05, 4.69) is 9.71 Å². The van der Waals surface area contributed by atoms with Crippen molar-refractivity contribution < 1.29 is 18.3 Å². The number of carboxylic acid groups (broad SMARTS) is 1. The van der Waals surface area contributed by atoms with E-state index < -0.39 is 16.0 Å². The summed E-state index contributed by atoms with van der Waals surface area (Å²) in [7, 11) is -3.39. The number of anilines is 1. The fourth-order valence-electron chi connectivity index (χ4n) is 1.18. The van der Waals surface area contributed by atoms with Gasteiger partial charge in [-0.15, -0.1) is 0 Å². The molecule has 0 saturated carbocycles. The summed E-state index contributed by atoms with van der Waals surface area (Å²) in [6.45, 7) is 3.62. The summed E-state index contributed by atoms with van der Waals surface area (Å²) in [6.07, 6.45) is 3.75. The Morgan fingerprint density at radius 1 is 1.61 bits per heavy atom. The summed E-state index contributed by atoms with van der Waals surface area (Å²) in [5.41, 5.74) is 0. The van der Waals surface area contributed by atoms with Gasteiger partial charge in [-0.3, -0.25) is 4.72 Å². The standard InChI is InChI=1S/C10H14N2O4S2/c1-7(2)6-18(15,16)12-10-11-5-8(17-10)3-4-9(13)14/h3-5,7H,6H2,1-2H3,(H,11,12)(H,13,14). The largest absolute Gasteiger partial charge is 0.478 e. The van der Waals surface area contributed by atoms with Gasteiger partial charge in [-0.1, -0.05) is 25.2 Å². The second-order valence-corrected chi connectivity index (χ2v) is 6.85. The monoisotopic (exact) mass is 290 g/mol. The Hall–Kier alpha value is -1.41. The van der Waals surface area contributed by atoms with E-state index in [-0.39, 0.29) is 16.8 Å². The second kappa shape index (κ2) is 5.96. The molecule has 6 nitrogen and oxygen atoms in total. The second-order valence-electron chi connectivity index (χ2n) is 4.02. The van der Waals surface area contributed by atoms with Gasteiger partial charge in [0.2, 0.25) is 10.0 Å². The molecule has 18 heavy (non-hydrogen) atoms. The number of sulfonamides is 1. The Morgan fingerprint density at radius 2 is 2.28 bits per heavy atom. The molecule has 0 fully saturated rings. The van der Waals surface area contributed by atoms with E-state index in [4.69, 9.17) is 5.11 Å². The van der Waals surface area contributed by atoms with Crippen LogP contribution in [0.5, 0.6) is 0 Å². The highest BCUT2D eigenvalue weighted by molar-refractivity contribution is 7.92. The number of carbonyl (C=O) groups is 1. The lowest BCUT2D eigenvalue weighted by Gasteiger charge is -2.06.